The molecule has 3 rings (SSSR count). The van der Waals surface area contributed by atoms with Crippen molar-refractivity contribution in [2.45, 2.75) is 19.4 Å². The van der Waals surface area contributed by atoms with E-state index in [0.717, 1.165) is 28.7 Å². The number of carbonyl (C=O) groups is 1. The van der Waals surface area contributed by atoms with Crippen molar-refractivity contribution >= 4 is 29.7 Å². The number of nitrogens with zero attached hydrogens (tertiary/aromatic N) is 1. The Hall–Kier alpha value is -1.43. The molecule has 1 heterocycles. The number of amides is 1. The Morgan fingerprint density at radius 2 is 2.05 bits per heavy atom. The van der Waals surface area contributed by atoms with Gasteiger partial charge in [0.1, 0.15) is 5.01 Å². The van der Waals surface area contributed by atoms with Gasteiger partial charge >= 0.3 is 0 Å². The lowest BCUT2D eigenvalue weighted by atomic mass is 10.2. The van der Waals surface area contributed by atoms with Crippen molar-refractivity contribution in [1.29, 1.82) is 0 Å². The first-order valence-corrected chi connectivity index (χ1v) is 8.16. The summed E-state index contributed by atoms with van der Waals surface area (Å²) in [7, 11) is 0. The number of carbonyl (C=O) groups excluding carboxylic acids is 1. The third-order valence-electron chi connectivity index (χ3n) is 3.45. The lowest BCUT2D eigenvalue weighted by Gasteiger charge is -2.04. The van der Waals surface area contributed by atoms with Gasteiger partial charge in [0.15, 0.2) is 0 Å². The van der Waals surface area contributed by atoms with Crippen LogP contribution in [0.1, 0.15) is 18.5 Å². The van der Waals surface area contributed by atoms with Crippen LogP contribution in [0.5, 0.6) is 0 Å². The Labute approximate surface area is 140 Å². The fourth-order valence-electron chi connectivity index (χ4n) is 2.06. The fourth-order valence-corrected chi connectivity index (χ4v) is 2.89. The topological polar surface area (TPSA) is 54.0 Å². The molecule has 0 atom stereocenters. The molecule has 1 saturated carbocycles. The molecule has 2 aromatic rings. The quantitative estimate of drug-likeness (QED) is 0.817. The molecule has 22 heavy (non-hydrogen) atoms. The third-order valence-corrected chi connectivity index (χ3v) is 4.39. The average molecular weight is 338 g/mol. The van der Waals surface area contributed by atoms with Crippen molar-refractivity contribution in [1.82, 2.24) is 15.6 Å². The van der Waals surface area contributed by atoms with Gasteiger partial charge in [0, 0.05) is 10.9 Å². The summed E-state index contributed by atoms with van der Waals surface area (Å²) in [6.45, 7) is 1.85. The van der Waals surface area contributed by atoms with E-state index in [1.807, 2.05) is 35.7 Å². The largest absolute Gasteiger partial charge is 0.349 e. The minimum Gasteiger partial charge on any atom is -0.349 e. The van der Waals surface area contributed by atoms with Gasteiger partial charge in [0.2, 0.25) is 5.91 Å². The minimum atomic E-state index is 0. The van der Waals surface area contributed by atoms with Crippen LogP contribution < -0.4 is 10.6 Å². The second-order valence-electron chi connectivity index (χ2n) is 5.36. The Kier molecular flexibility index (Phi) is 6.36. The highest BCUT2D eigenvalue weighted by Crippen LogP contribution is 2.27. The number of hydrogen-bond acceptors (Lipinski definition) is 4. The molecule has 4 nitrogen and oxygen atoms in total. The maximum atomic E-state index is 11.7. The van der Waals surface area contributed by atoms with Crippen molar-refractivity contribution in [3.8, 4) is 10.6 Å². The first kappa shape index (κ1) is 16.9. The second-order valence-corrected chi connectivity index (χ2v) is 6.22. The number of benzene rings is 1. The molecule has 6 heteroatoms. The number of nitrogens with one attached hydrogen (secondary N) is 2. The number of aromatic nitrogens is 1. The van der Waals surface area contributed by atoms with E-state index in [0.29, 0.717) is 13.1 Å². The highest BCUT2D eigenvalue weighted by molar-refractivity contribution is 7.13. The van der Waals surface area contributed by atoms with Gasteiger partial charge in [-0.2, -0.15) is 0 Å². The van der Waals surface area contributed by atoms with E-state index in [2.05, 4.69) is 15.6 Å². The molecule has 1 aliphatic carbocycles. The van der Waals surface area contributed by atoms with Crippen LogP contribution in [-0.2, 0) is 11.3 Å². The van der Waals surface area contributed by atoms with Crippen LogP contribution >= 0.6 is 23.7 Å². The van der Waals surface area contributed by atoms with Crippen molar-refractivity contribution < 1.29 is 4.79 Å². The van der Waals surface area contributed by atoms with E-state index < -0.39 is 0 Å². The summed E-state index contributed by atoms with van der Waals surface area (Å²) in [5.41, 5.74) is 2.03. The smallest absolute Gasteiger partial charge is 0.234 e. The van der Waals surface area contributed by atoms with Crippen molar-refractivity contribution in [3.05, 3.63) is 41.4 Å². The highest BCUT2D eigenvalue weighted by atomic mass is 35.5. The molecule has 1 aliphatic rings. The molecule has 118 valence electrons. The summed E-state index contributed by atoms with van der Waals surface area (Å²) in [5.74, 6) is 0.828. The number of halogens is 1. The van der Waals surface area contributed by atoms with E-state index in [1.54, 1.807) is 11.3 Å². The zero-order chi connectivity index (χ0) is 14.5. The summed E-state index contributed by atoms with van der Waals surface area (Å²) in [6, 6.07) is 10.1. The predicted octanol–water partition coefficient (Wildman–Crippen LogP) is 2.85. The Morgan fingerprint density at radius 1 is 1.27 bits per heavy atom. The zero-order valence-electron chi connectivity index (χ0n) is 12.2. The van der Waals surface area contributed by atoms with Crippen LogP contribution in [0.4, 0.5) is 0 Å². The Bertz CT molecular complexity index is 598. The van der Waals surface area contributed by atoms with Gasteiger partial charge in [0.25, 0.3) is 0 Å². The Balaban J connectivity index is 0.00000176. The molecule has 0 radical (unpaired) electrons. The van der Waals surface area contributed by atoms with E-state index in [1.165, 1.54) is 12.8 Å². The molecule has 1 fully saturated rings. The molecule has 0 bridgehead atoms. The number of rotatable bonds is 7. The monoisotopic (exact) mass is 337 g/mol. The van der Waals surface area contributed by atoms with Crippen LogP contribution in [0, 0.1) is 5.92 Å². The van der Waals surface area contributed by atoms with Crippen LogP contribution in [0.15, 0.2) is 35.7 Å². The summed E-state index contributed by atoms with van der Waals surface area (Å²) >= 11 is 1.61. The summed E-state index contributed by atoms with van der Waals surface area (Å²) < 4.78 is 0. The van der Waals surface area contributed by atoms with Crippen molar-refractivity contribution in [2.24, 2.45) is 5.92 Å². The van der Waals surface area contributed by atoms with Gasteiger partial charge in [-0.15, -0.1) is 23.7 Å². The molecule has 0 saturated heterocycles. The molecule has 1 aromatic carbocycles. The minimum absolute atomic E-state index is 0. The zero-order valence-corrected chi connectivity index (χ0v) is 13.9. The van der Waals surface area contributed by atoms with Gasteiger partial charge in [-0.25, -0.2) is 4.98 Å². The lowest BCUT2D eigenvalue weighted by molar-refractivity contribution is -0.120. The summed E-state index contributed by atoms with van der Waals surface area (Å²) in [6.07, 6.45) is 2.60. The highest BCUT2D eigenvalue weighted by Gasteiger charge is 2.20. The first-order chi connectivity index (χ1) is 10.3. The summed E-state index contributed by atoms with van der Waals surface area (Å²) in [5, 5.41) is 9.08. The molecule has 2 N–H and O–H groups in total. The third kappa shape index (κ3) is 5.09. The predicted molar refractivity (Wildman–Crippen MR) is 92.2 cm³/mol. The molecule has 0 spiro atoms. The maximum Gasteiger partial charge on any atom is 0.234 e. The molecular formula is C16H20ClN3OS. The number of hydrogen-bond donors (Lipinski definition) is 2. The molecule has 1 aromatic heterocycles. The molecule has 0 aliphatic heterocycles. The maximum absolute atomic E-state index is 11.7. The first-order valence-electron chi connectivity index (χ1n) is 7.28. The van der Waals surface area contributed by atoms with Crippen LogP contribution in [0.2, 0.25) is 0 Å². The molecular weight excluding hydrogens is 318 g/mol. The lowest BCUT2D eigenvalue weighted by Crippen LogP contribution is -2.34. The normalized spacial score (nSPS) is 13.5. The Morgan fingerprint density at radius 3 is 2.77 bits per heavy atom. The van der Waals surface area contributed by atoms with Gasteiger partial charge in [-0.1, -0.05) is 30.3 Å². The van der Waals surface area contributed by atoms with Gasteiger partial charge in [-0.05, 0) is 25.3 Å². The van der Waals surface area contributed by atoms with Gasteiger partial charge in [0.05, 0.1) is 18.8 Å². The van der Waals surface area contributed by atoms with E-state index >= 15 is 0 Å². The van der Waals surface area contributed by atoms with Gasteiger partial charge < -0.3 is 10.6 Å². The molecule has 0 unspecified atom stereocenters. The van der Waals surface area contributed by atoms with Crippen LogP contribution in [0.3, 0.4) is 0 Å². The van der Waals surface area contributed by atoms with Crippen LogP contribution in [-0.4, -0.2) is 24.0 Å². The second kappa shape index (κ2) is 8.27. The SMILES string of the molecule is Cl.O=C(CNCC1CC1)NCc1csc(-c2ccccc2)n1. The summed E-state index contributed by atoms with van der Waals surface area (Å²) in [4.78, 5) is 16.3. The molecule has 1 amide bonds. The average Bonchev–Trinajstić information content (AvgIpc) is 3.21. The van der Waals surface area contributed by atoms with E-state index in [-0.39, 0.29) is 18.3 Å². The van der Waals surface area contributed by atoms with Gasteiger partial charge in [-0.3, -0.25) is 4.79 Å². The number of thiazole rings is 1. The van der Waals surface area contributed by atoms with E-state index in [4.69, 9.17) is 0 Å². The van der Waals surface area contributed by atoms with Crippen molar-refractivity contribution in [2.75, 3.05) is 13.1 Å². The standard InChI is InChI=1S/C16H19N3OS.ClH/c20-15(10-17-8-12-6-7-12)18-9-14-11-21-16(19-14)13-4-2-1-3-5-13;/h1-5,11-12,17H,6-10H2,(H,18,20);1H. The van der Waals surface area contributed by atoms with Crippen molar-refractivity contribution in [3.63, 3.8) is 0 Å². The fraction of sp³-hybridized carbons (Fsp3) is 0.375. The van der Waals surface area contributed by atoms with E-state index in [9.17, 15) is 4.79 Å². The van der Waals surface area contributed by atoms with Crippen LogP contribution in [0.25, 0.3) is 10.6 Å².